The van der Waals surface area contributed by atoms with Crippen LogP contribution in [0.5, 0.6) is 5.75 Å². The van der Waals surface area contributed by atoms with E-state index in [0.717, 1.165) is 5.82 Å². The summed E-state index contributed by atoms with van der Waals surface area (Å²) in [6.45, 7) is 8.81. The molecule has 1 unspecified atom stereocenters. The number of nitrogens with zero attached hydrogens (tertiary/aromatic N) is 3. The predicted molar refractivity (Wildman–Crippen MR) is 75.5 cm³/mol. The van der Waals surface area contributed by atoms with Gasteiger partial charge in [0.05, 0.1) is 7.11 Å². The third kappa shape index (κ3) is 2.83. The summed E-state index contributed by atoms with van der Waals surface area (Å²) in [4.78, 5) is 10.6. The number of aromatic nitrogens is 2. The van der Waals surface area contributed by atoms with E-state index in [-0.39, 0.29) is 5.41 Å². The Morgan fingerprint density at radius 1 is 1.33 bits per heavy atom. The minimum absolute atomic E-state index is 0.157. The van der Waals surface area contributed by atoms with Crippen LogP contribution in [0.15, 0.2) is 6.33 Å². The zero-order valence-electron chi connectivity index (χ0n) is 12.4. The van der Waals surface area contributed by atoms with E-state index in [1.165, 1.54) is 0 Å². The maximum absolute atomic E-state index is 5.42. The van der Waals surface area contributed by atoms with Crippen molar-refractivity contribution in [1.82, 2.24) is 9.97 Å². The van der Waals surface area contributed by atoms with Gasteiger partial charge in [-0.3, -0.25) is 0 Å². The summed E-state index contributed by atoms with van der Waals surface area (Å²) < 4.78 is 5.42. The van der Waals surface area contributed by atoms with Gasteiger partial charge in [0, 0.05) is 20.1 Å². The molecule has 1 atom stereocenters. The molecule has 0 saturated heterocycles. The predicted octanol–water partition coefficient (Wildman–Crippen LogP) is 2.40. The zero-order chi connectivity index (χ0) is 13.9. The van der Waals surface area contributed by atoms with Crippen LogP contribution in [0.25, 0.3) is 0 Å². The highest BCUT2D eigenvalue weighted by Gasteiger charge is 2.27. The summed E-state index contributed by atoms with van der Waals surface area (Å²) in [5.74, 6) is 2.19. The van der Waals surface area contributed by atoms with E-state index < -0.39 is 0 Å². The Balaban J connectivity index is 3.17. The Hall–Kier alpha value is -1.52. The van der Waals surface area contributed by atoms with Crippen molar-refractivity contribution in [3.8, 4) is 5.75 Å². The zero-order valence-corrected chi connectivity index (χ0v) is 12.4. The lowest BCUT2D eigenvalue weighted by Crippen LogP contribution is -2.40. The Morgan fingerprint density at radius 2 is 1.94 bits per heavy atom. The molecule has 0 fully saturated rings. The summed E-state index contributed by atoms with van der Waals surface area (Å²) in [5, 5.41) is 3.02. The molecule has 0 aliphatic carbocycles. The normalized spacial score (nSPS) is 13.1. The second kappa shape index (κ2) is 5.42. The van der Waals surface area contributed by atoms with Gasteiger partial charge in [-0.15, -0.1) is 0 Å². The van der Waals surface area contributed by atoms with Gasteiger partial charge in [0.15, 0.2) is 11.6 Å². The third-order valence-electron chi connectivity index (χ3n) is 3.39. The van der Waals surface area contributed by atoms with Crippen LogP contribution in [0.4, 0.5) is 11.6 Å². The molecule has 0 saturated carbocycles. The average Bonchev–Trinajstić information content (AvgIpc) is 2.34. The largest absolute Gasteiger partial charge is 0.490 e. The summed E-state index contributed by atoms with van der Waals surface area (Å²) in [6, 6.07) is 0.325. The third-order valence-corrected chi connectivity index (χ3v) is 3.39. The molecule has 0 radical (unpaired) electrons. The summed E-state index contributed by atoms with van der Waals surface area (Å²) in [7, 11) is 5.49. The highest BCUT2D eigenvalue weighted by Crippen LogP contribution is 2.35. The van der Waals surface area contributed by atoms with Gasteiger partial charge in [0.25, 0.3) is 0 Å². The average molecular weight is 252 g/mol. The van der Waals surface area contributed by atoms with Gasteiger partial charge in [0.2, 0.25) is 5.75 Å². The molecule has 1 aromatic rings. The number of anilines is 2. The lowest BCUT2D eigenvalue weighted by atomic mass is 9.87. The number of ether oxygens (including phenoxy) is 1. The first-order valence-electron chi connectivity index (χ1n) is 6.12. The summed E-state index contributed by atoms with van der Waals surface area (Å²) in [6.07, 6.45) is 1.55. The van der Waals surface area contributed by atoms with Crippen LogP contribution in [-0.2, 0) is 0 Å². The molecule has 102 valence electrons. The van der Waals surface area contributed by atoms with Gasteiger partial charge < -0.3 is 15.0 Å². The molecule has 0 aliphatic rings. The monoisotopic (exact) mass is 252 g/mol. The van der Waals surface area contributed by atoms with Gasteiger partial charge in [-0.1, -0.05) is 20.8 Å². The highest BCUT2D eigenvalue weighted by molar-refractivity contribution is 5.64. The van der Waals surface area contributed by atoms with Crippen LogP contribution >= 0.6 is 0 Å². The molecule has 5 nitrogen and oxygen atoms in total. The molecule has 1 N–H and O–H groups in total. The first kappa shape index (κ1) is 14.5. The molecule has 1 rings (SSSR count). The van der Waals surface area contributed by atoms with E-state index in [1.807, 2.05) is 14.1 Å². The van der Waals surface area contributed by atoms with Gasteiger partial charge in [-0.25, -0.2) is 9.97 Å². The van der Waals surface area contributed by atoms with Crippen LogP contribution in [0, 0.1) is 5.41 Å². The minimum atomic E-state index is 0.157. The second-order valence-electron chi connectivity index (χ2n) is 5.48. The molecule has 1 heterocycles. The van der Waals surface area contributed by atoms with E-state index >= 15 is 0 Å². The van der Waals surface area contributed by atoms with Crippen LogP contribution < -0.4 is 15.0 Å². The summed E-state index contributed by atoms with van der Waals surface area (Å²) >= 11 is 0. The fraction of sp³-hybridized carbons (Fsp3) is 0.692. The van der Waals surface area contributed by atoms with E-state index in [9.17, 15) is 0 Å². The van der Waals surface area contributed by atoms with Crippen LogP contribution in [0.1, 0.15) is 27.7 Å². The van der Waals surface area contributed by atoms with Crippen molar-refractivity contribution in [2.45, 2.75) is 33.7 Å². The fourth-order valence-electron chi connectivity index (χ4n) is 1.75. The molecule has 18 heavy (non-hydrogen) atoms. The van der Waals surface area contributed by atoms with E-state index in [0.29, 0.717) is 17.6 Å². The summed E-state index contributed by atoms with van der Waals surface area (Å²) in [5.41, 5.74) is 0.157. The number of rotatable bonds is 4. The molecule has 0 bridgehead atoms. The van der Waals surface area contributed by atoms with Gasteiger partial charge in [0.1, 0.15) is 6.33 Å². The van der Waals surface area contributed by atoms with Crippen molar-refractivity contribution in [2.75, 3.05) is 31.4 Å². The molecular formula is C13H24N4O. The molecule has 1 aromatic heterocycles. The highest BCUT2D eigenvalue weighted by atomic mass is 16.5. The lowest BCUT2D eigenvalue weighted by molar-refractivity contribution is 0.325. The second-order valence-corrected chi connectivity index (χ2v) is 5.48. The van der Waals surface area contributed by atoms with Crippen molar-refractivity contribution < 1.29 is 4.74 Å². The van der Waals surface area contributed by atoms with Crippen molar-refractivity contribution in [2.24, 2.45) is 5.41 Å². The van der Waals surface area contributed by atoms with Crippen LogP contribution in [-0.4, -0.2) is 37.2 Å². The Bertz CT molecular complexity index is 400. The van der Waals surface area contributed by atoms with Crippen molar-refractivity contribution in [1.29, 1.82) is 0 Å². The lowest BCUT2D eigenvalue weighted by Gasteiger charge is -2.36. The first-order chi connectivity index (χ1) is 8.32. The fourth-order valence-corrected chi connectivity index (χ4v) is 1.75. The number of hydrogen-bond donors (Lipinski definition) is 1. The van der Waals surface area contributed by atoms with Crippen molar-refractivity contribution in [3.63, 3.8) is 0 Å². The van der Waals surface area contributed by atoms with E-state index in [1.54, 1.807) is 13.4 Å². The van der Waals surface area contributed by atoms with Gasteiger partial charge in [-0.2, -0.15) is 0 Å². The van der Waals surface area contributed by atoms with Gasteiger partial charge in [-0.05, 0) is 12.3 Å². The van der Waals surface area contributed by atoms with Crippen LogP contribution in [0.2, 0.25) is 0 Å². The van der Waals surface area contributed by atoms with Crippen LogP contribution in [0.3, 0.4) is 0 Å². The Morgan fingerprint density at radius 3 is 2.39 bits per heavy atom. The molecule has 0 aromatic carbocycles. The first-order valence-corrected chi connectivity index (χ1v) is 6.12. The number of hydrogen-bond acceptors (Lipinski definition) is 5. The van der Waals surface area contributed by atoms with Crippen molar-refractivity contribution in [3.05, 3.63) is 6.33 Å². The van der Waals surface area contributed by atoms with Gasteiger partial charge >= 0.3 is 0 Å². The van der Waals surface area contributed by atoms with E-state index in [4.69, 9.17) is 4.74 Å². The quantitative estimate of drug-likeness (QED) is 0.891. The Labute approximate surface area is 110 Å². The molecule has 0 aliphatic heterocycles. The van der Waals surface area contributed by atoms with Crippen molar-refractivity contribution >= 4 is 11.6 Å². The standard InChI is InChI=1S/C13H24N4O/c1-9(13(2,3)4)17(6)12-10(18-7)11(14-5)15-8-16-12/h8-9H,1-7H3,(H,14,15,16). The molecular weight excluding hydrogens is 228 g/mol. The minimum Gasteiger partial charge on any atom is -0.490 e. The smallest absolute Gasteiger partial charge is 0.204 e. The number of nitrogens with one attached hydrogen (secondary N) is 1. The maximum Gasteiger partial charge on any atom is 0.204 e. The Kier molecular flexibility index (Phi) is 4.38. The molecule has 0 amide bonds. The molecule has 5 heteroatoms. The maximum atomic E-state index is 5.42. The SMILES string of the molecule is CNc1ncnc(N(C)C(C)C(C)(C)C)c1OC. The topological polar surface area (TPSA) is 50.3 Å². The van der Waals surface area contributed by atoms with E-state index in [2.05, 4.69) is 47.9 Å². The molecule has 0 spiro atoms. The number of methoxy groups -OCH3 is 1.